The summed E-state index contributed by atoms with van der Waals surface area (Å²) in [6.45, 7) is 7.42. The van der Waals surface area contributed by atoms with Crippen LogP contribution in [0.3, 0.4) is 0 Å². The second kappa shape index (κ2) is 5.93. The quantitative estimate of drug-likeness (QED) is 0.843. The highest BCUT2D eigenvalue weighted by atomic mass is 16.2. The number of nitrogens with one attached hydrogen (secondary N) is 1. The van der Waals surface area contributed by atoms with E-state index in [2.05, 4.69) is 12.2 Å². The number of hydrogen-bond acceptors (Lipinski definition) is 2. The Bertz CT molecular complexity index is 342. The zero-order valence-corrected chi connectivity index (χ0v) is 12.3. The fourth-order valence-electron chi connectivity index (χ4n) is 2.78. The van der Waals surface area contributed by atoms with Gasteiger partial charge in [0.15, 0.2) is 0 Å². The Morgan fingerprint density at radius 3 is 2.11 bits per heavy atom. The molecule has 0 bridgehead atoms. The van der Waals surface area contributed by atoms with Crippen molar-refractivity contribution in [1.82, 2.24) is 10.2 Å². The summed E-state index contributed by atoms with van der Waals surface area (Å²) in [5.41, 5.74) is 0. The number of rotatable bonds is 4. The minimum atomic E-state index is 0.0558. The van der Waals surface area contributed by atoms with Crippen LogP contribution in [0.5, 0.6) is 0 Å². The van der Waals surface area contributed by atoms with Crippen molar-refractivity contribution in [2.75, 3.05) is 13.1 Å². The largest absolute Gasteiger partial charge is 0.353 e. The minimum absolute atomic E-state index is 0.0558. The lowest BCUT2D eigenvalue weighted by atomic mass is 9.94. The van der Waals surface area contributed by atoms with Gasteiger partial charge in [0.1, 0.15) is 0 Å². The van der Waals surface area contributed by atoms with Crippen LogP contribution in [0, 0.1) is 17.8 Å². The molecule has 1 aliphatic heterocycles. The number of likely N-dealkylation sites (tertiary alicyclic amines) is 1. The average Bonchev–Trinajstić information content (AvgIpc) is 3.22. The average molecular weight is 266 g/mol. The van der Waals surface area contributed by atoms with Crippen LogP contribution < -0.4 is 5.32 Å². The molecule has 0 aromatic carbocycles. The summed E-state index contributed by atoms with van der Waals surface area (Å²) in [4.78, 5) is 25.9. The molecule has 1 saturated heterocycles. The van der Waals surface area contributed by atoms with Crippen molar-refractivity contribution in [2.24, 2.45) is 17.8 Å². The van der Waals surface area contributed by atoms with Gasteiger partial charge in [-0.1, -0.05) is 13.8 Å². The summed E-state index contributed by atoms with van der Waals surface area (Å²) in [6, 6.07) is 0.322. The van der Waals surface area contributed by atoms with Crippen molar-refractivity contribution >= 4 is 11.8 Å². The fourth-order valence-corrected chi connectivity index (χ4v) is 2.78. The van der Waals surface area contributed by atoms with Gasteiger partial charge < -0.3 is 10.2 Å². The normalized spacial score (nSPS) is 22.4. The lowest BCUT2D eigenvalue weighted by Gasteiger charge is -2.33. The smallest absolute Gasteiger partial charge is 0.225 e. The molecule has 1 aliphatic carbocycles. The van der Waals surface area contributed by atoms with Gasteiger partial charge in [-0.15, -0.1) is 0 Å². The summed E-state index contributed by atoms with van der Waals surface area (Å²) in [6.07, 6.45) is 4.12. The molecule has 2 amide bonds. The molecule has 0 aromatic rings. The lowest BCUT2D eigenvalue weighted by Crippen LogP contribution is -2.46. The number of nitrogens with zero attached hydrogens (tertiary/aromatic N) is 1. The molecule has 0 radical (unpaired) electrons. The first-order valence-electron chi connectivity index (χ1n) is 7.58. The second-order valence-electron chi connectivity index (χ2n) is 6.39. The molecular formula is C15H26N2O2. The maximum absolute atomic E-state index is 12.1. The Labute approximate surface area is 115 Å². The van der Waals surface area contributed by atoms with Gasteiger partial charge in [-0.2, -0.15) is 0 Å². The Morgan fingerprint density at radius 2 is 1.63 bits per heavy atom. The maximum atomic E-state index is 12.1. The molecular weight excluding hydrogens is 240 g/mol. The van der Waals surface area contributed by atoms with E-state index in [1.807, 2.05) is 18.7 Å². The van der Waals surface area contributed by atoms with Crippen LogP contribution in [0.4, 0.5) is 0 Å². The topological polar surface area (TPSA) is 49.4 Å². The zero-order valence-electron chi connectivity index (χ0n) is 12.3. The van der Waals surface area contributed by atoms with E-state index in [1.54, 1.807) is 0 Å². The maximum Gasteiger partial charge on any atom is 0.225 e. The molecule has 1 saturated carbocycles. The molecule has 1 N–H and O–H groups in total. The van der Waals surface area contributed by atoms with Crippen molar-refractivity contribution in [3.05, 3.63) is 0 Å². The predicted molar refractivity (Wildman–Crippen MR) is 74.5 cm³/mol. The van der Waals surface area contributed by atoms with Crippen LogP contribution in [0.2, 0.25) is 0 Å². The third kappa shape index (κ3) is 3.71. The van der Waals surface area contributed by atoms with Crippen molar-refractivity contribution in [3.8, 4) is 0 Å². The van der Waals surface area contributed by atoms with E-state index >= 15 is 0 Å². The lowest BCUT2D eigenvalue weighted by molar-refractivity contribution is -0.138. The summed E-state index contributed by atoms with van der Waals surface area (Å²) < 4.78 is 0. The summed E-state index contributed by atoms with van der Waals surface area (Å²) in [5.74, 6) is 1.26. The molecule has 1 atom stereocenters. The van der Waals surface area contributed by atoms with Gasteiger partial charge in [0.2, 0.25) is 11.8 Å². The first-order chi connectivity index (χ1) is 8.99. The van der Waals surface area contributed by atoms with Gasteiger partial charge >= 0.3 is 0 Å². The number of amides is 2. The highest BCUT2D eigenvalue weighted by Crippen LogP contribution is 2.32. The highest BCUT2D eigenvalue weighted by Gasteiger charge is 2.32. The molecule has 1 heterocycles. The van der Waals surface area contributed by atoms with E-state index in [4.69, 9.17) is 0 Å². The van der Waals surface area contributed by atoms with Gasteiger partial charge in [-0.3, -0.25) is 9.59 Å². The molecule has 19 heavy (non-hydrogen) atoms. The van der Waals surface area contributed by atoms with Gasteiger partial charge in [-0.25, -0.2) is 0 Å². The van der Waals surface area contributed by atoms with Crippen LogP contribution >= 0.6 is 0 Å². The Kier molecular flexibility index (Phi) is 4.48. The second-order valence-corrected chi connectivity index (χ2v) is 6.39. The van der Waals surface area contributed by atoms with Crippen molar-refractivity contribution < 1.29 is 9.59 Å². The third-order valence-corrected chi connectivity index (χ3v) is 4.37. The molecule has 4 nitrogen and oxygen atoms in total. The molecule has 2 rings (SSSR count). The minimum Gasteiger partial charge on any atom is -0.353 e. The van der Waals surface area contributed by atoms with E-state index in [-0.39, 0.29) is 23.7 Å². The number of hydrogen-bond donors (Lipinski definition) is 1. The SMILES string of the molecule is CC(C)C(=O)N1CCC(C(=O)N[C@@H](C)C2CC2)CC1. The van der Waals surface area contributed by atoms with Crippen molar-refractivity contribution in [2.45, 2.75) is 52.5 Å². The molecule has 2 aliphatic rings. The standard InChI is InChI=1S/C15H26N2O2/c1-10(2)15(19)17-8-6-13(7-9-17)14(18)16-11(3)12-4-5-12/h10-13H,4-9H2,1-3H3,(H,16,18)/t11-/m0/s1. The number of piperidine rings is 1. The molecule has 2 fully saturated rings. The molecule has 108 valence electrons. The van der Waals surface area contributed by atoms with Crippen LogP contribution in [0.1, 0.15) is 46.5 Å². The van der Waals surface area contributed by atoms with Crippen molar-refractivity contribution in [1.29, 1.82) is 0 Å². The van der Waals surface area contributed by atoms with Crippen LogP contribution in [-0.4, -0.2) is 35.8 Å². The fraction of sp³-hybridized carbons (Fsp3) is 0.867. The first kappa shape index (κ1) is 14.4. The third-order valence-electron chi connectivity index (χ3n) is 4.37. The van der Waals surface area contributed by atoms with Crippen LogP contribution in [0.25, 0.3) is 0 Å². The molecule has 0 aromatic heterocycles. The summed E-state index contributed by atoms with van der Waals surface area (Å²) in [7, 11) is 0. The van der Waals surface area contributed by atoms with Crippen LogP contribution in [-0.2, 0) is 9.59 Å². The van der Waals surface area contributed by atoms with Crippen LogP contribution in [0.15, 0.2) is 0 Å². The summed E-state index contributed by atoms with van der Waals surface area (Å²) in [5, 5.41) is 3.14. The van der Waals surface area contributed by atoms with Crippen molar-refractivity contribution in [3.63, 3.8) is 0 Å². The number of carbonyl (C=O) groups is 2. The van der Waals surface area contributed by atoms with Gasteiger partial charge in [0.05, 0.1) is 0 Å². The number of carbonyl (C=O) groups excluding carboxylic acids is 2. The van der Waals surface area contributed by atoms with E-state index in [9.17, 15) is 9.59 Å². The van der Waals surface area contributed by atoms with E-state index in [0.29, 0.717) is 12.0 Å². The molecule has 4 heteroatoms. The zero-order chi connectivity index (χ0) is 14.0. The van der Waals surface area contributed by atoms with E-state index < -0.39 is 0 Å². The van der Waals surface area contributed by atoms with Gasteiger partial charge in [0.25, 0.3) is 0 Å². The Balaban J connectivity index is 1.75. The Morgan fingerprint density at radius 1 is 1.05 bits per heavy atom. The molecule has 0 spiro atoms. The predicted octanol–water partition coefficient (Wildman–Crippen LogP) is 1.80. The van der Waals surface area contributed by atoms with E-state index in [1.165, 1.54) is 12.8 Å². The summed E-state index contributed by atoms with van der Waals surface area (Å²) >= 11 is 0. The monoisotopic (exact) mass is 266 g/mol. The molecule has 0 unspecified atom stereocenters. The van der Waals surface area contributed by atoms with E-state index in [0.717, 1.165) is 25.9 Å². The van der Waals surface area contributed by atoms with Gasteiger partial charge in [0, 0.05) is 31.0 Å². The Hall–Kier alpha value is -1.06. The van der Waals surface area contributed by atoms with Gasteiger partial charge in [-0.05, 0) is 38.5 Å². The first-order valence-corrected chi connectivity index (χ1v) is 7.58. The highest BCUT2D eigenvalue weighted by molar-refractivity contribution is 5.81.